The molecular formula is C14H22N4O. The average molecular weight is 262 g/mol. The molecule has 104 valence electrons. The maximum atomic E-state index is 11.7. The monoisotopic (exact) mass is 262 g/mol. The van der Waals surface area contributed by atoms with Crippen LogP contribution in [-0.4, -0.2) is 41.1 Å². The van der Waals surface area contributed by atoms with Crippen LogP contribution in [0, 0.1) is 5.92 Å². The fraction of sp³-hybridized carbons (Fsp3) is 0.643. The van der Waals surface area contributed by atoms with Gasteiger partial charge in [0.25, 0.3) is 5.91 Å². The minimum atomic E-state index is -0.122. The largest absolute Gasteiger partial charge is 0.366 e. The van der Waals surface area contributed by atoms with E-state index in [0.29, 0.717) is 11.7 Å². The quantitative estimate of drug-likeness (QED) is 0.903. The standard InChI is InChI=1S/C14H22N4O/c1-10(11-6-4-5-7-11)15-13-9-8-12(16-17-13)14(19)18(2)3/h8-11H,4-7H2,1-3H3,(H,15,17). The molecule has 1 atom stereocenters. The van der Waals surface area contributed by atoms with Crippen LogP contribution in [0.2, 0.25) is 0 Å². The Bertz CT molecular complexity index is 424. The summed E-state index contributed by atoms with van der Waals surface area (Å²) >= 11 is 0. The van der Waals surface area contributed by atoms with Crippen LogP contribution in [0.1, 0.15) is 43.1 Å². The van der Waals surface area contributed by atoms with E-state index in [1.165, 1.54) is 30.6 Å². The van der Waals surface area contributed by atoms with Gasteiger partial charge in [0.2, 0.25) is 0 Å². The van der Waals surface area contributed by atoms with Gasteiger partial charge in [0, 0.05) is 20.1 Å². The SMILES string of the molecule is CC(Nc1ccc(C(=O)N(C)C)nn1)C1CCCC1. The molecule has 19 heavy (non-hydrogen) atoms. The summed E-state index contributed by atoms with van der Waals surface area (Å²) in [6, 6.07) is 3.96. The van der Waals surface area contributed by atoms with E-state index in [9.17, 15) is 4.79 Å². The second kappa shape index (κ2) is 5.99. The first kappa shape index (κ1) is 13.8. The molecule has 2 rings (SSSR count). The lowest BCUT2D eigenvalue weighted by molar-refractivity contribution is 0.0821. The lowest BCUT2D eigenvalue weighted by Crippen LogP contribution is -2.25. The number of nitrogens with zero attached hydrogens (tertiary/aromatic N) is 3. The highest BCUT2D eigenvalue weighted by molar-refractivity contribution is 5.91. The molecule has 0 aromatic carbocycles. The van der Waals surface area contributed by atoms with E-state index >= 15 is 0 Å². The van der Waals surface area contributed by atoms with Crippen molar-refractivity contribution in [1.29, 1.82) is 0 Å². The molecule has 1 aliphatic carbocycles. The molecule has 0 aliphatic heterocycles. The Hall–Kier alpha value is -1.65. The van der Waals surface area contributed by atoms with Gasteiger partial charge in [-0.2, -0.15) is 0 Å². The number of hydrogen-bond acceptors (Lipinski definition) is 4. The molecule has 1 unspecified atom stereocenters. The molecule has 1 amide bonds. The molecule has 1 aromatic rings. The molecule has 5 nitrogen and oxygen atoms in total. The van der Waals surface area contributed by atoms with Gasteiger partial charge >= 0.3 is 0 Å². The van der Waals surface area contributed by atoms with Crippen LogP contribution in [0.4, 0.5) is 5.82 Å². The minimum absolute atomic E-state index is 0.122. The first-order valence-corrected chi connectivity index (χ1v) is 6.90. The second-order valence-corrected chi connectivity index (χ2v) is 5.48. The van der Waals surface area contributed by atoms with E-state index < -0.39 is 0 Å². The molecule has 1 aliphatic rings. The predicted molar refractivity (Wildman–Crippen MR) is 75.1 cm³/mol. The number of nitrogens with one attached hydrogen (secondary N) is 1. The van der Waals surface area contributed by atoms with Gasteiger partial charge in [-0.15, -0.1) is 10.2 Å². The van der Waals surface area contributed by atoms with E-state index in [2.05, 4.69) is 22.4 Å². The highest BCUT2D eigenvalue weighted by atomic mass is 16.2. The minimum Gasteiger partial charge on any atom is -0.366 e. The molecule has 1 heterocycles. The molecule has 0 spiro atoms. The fourth-order valence-electron chi connectivity index (χ4n) is 2.56. The van der Waals surface area contributed by atoms with E-state index in [1.54, 1.807) is 20.2 Å². The normalized spacial score (nSPS) is 17.2. The highest BCUT2D eigenvalue weighted by Crippen LogP contribution is 2.28. The Morgan fingerprint density at radius 2 is 2.00 bits per heavy atom. The summed E-state index contributed by atoms with van der Waals surface area (Å²) in [5.41, 5.74) is 0.379. The third-order valence-electron chi connectivity index (χ3n) is 3.77. The maximum Gasteiger partial charge on any atom is 0.273 e. The van der Waals surface area contributed by atoms with Crippen molar-refractivity contribution in [3.8, 4) is 0 Å². The summed E-state index contributed by atoms with van der Waals surface area (Å²) in [6.45, 7) is 2.19. The van der Waals surface area contributed by atoms with Gasteiger partial charge in [0.05, 0.1) is 0 Å². The molecule has 1 fully saturated rings. The molecular weight excluding hydrogens is 240 g/mol. The van der Waals surface area contributed by atoms with Gasteiger partial charge in [-0.25, -0.2) is 0 Å². The Kier molecular flexibility index (Phi) is 4.35. The number of carbonyl (C=O) groups is 1. The number of hydrogen-bond donors (Lipinski definition) is 1. The number of rotatable bonds is 4. The second-order valence-electron chi connectivity index (χ2n) is 5.48. The zero-order valence-corrected chi connectivity index (χ0v) is 11.9. The van der Waals surface area contributed by atoms with Crippen molar-refractivity contribution in [2.24, 2.45) is 5.92 Å². The smallest absolute Gasteiger partial charge is 0.273 e. The van der Waals surface area contributed by atoms with E-state index in [-0.39, 0.29) is 5.91 Å². The van der Waals surface area contributed by atoms with E-state index in [0.717, 1.165) is 11.7 Å². The van der Waals surface area contributed by atoms with Crippen molar-refractivity contribution >= 4 is 11.7 Å². The average Bonchev–Trinajstić information content (AvgIpc) is 2.92. The molecule has 1 N–H and O–H groups in total. The number of carbonyl (C=O) groups excluding carboxylic acids is 1. The van der Waals surface area contributed by atoms with Gasteiger partial charge in [0.15, 0.2) is 5.69 Å². The summed E-state index contributed by atoms with van der Waals surface area (Å²) in [5.74, 6) is 1.35. The summed E-state index contributed by atoms with van der Waals surface area (Å²) in [5, 5.41) is 11.4. The topological polar surface area (TPSA) is 58.1 Å². The predicted octanol–water partition coefficient (Wildman–Crippen LogP) is 2.17. The van der Waals surface area contributed by atoms with E-state index in [4.69, 9.17) is 0 Å². The summed E-state index contributed by atoms with van der Waals surface area (Å²) in [7, 11) is 3.41. The van der Waals surface area contributed by atoms with Gasteiger partial charge in [-0.3, -0.25) is 4.79 Å². The third-order valence-corrected chi connectivity index (χ3v) is 3.77. The first-order valence-electron chi connectivity index (χ1n) is 6.90. The van der Waals surface area contributed by atoms with Gasteiger partial charge in [-0.1, -0.05) is 12.8 Å². The van der Waals surface area contributed by atoms with Crippen molar-refractivity contribution < 1.29 is 4.79 Å². The van der Waals surface area contributed by atoms with Crippen LogP contribution in [0.5, 0.6) is 0 Å². The van der Waals surface area contributed by atoms with Gasteiger partial charge in [0.1, 0.15) is 5.82 Å². The van der Waals surface area contributed by atoms with Crippen molar-refractivity contribution in [3.05, 3.63) is 17.8 Å². The molecule has 1 saturated carbocycles. The highest BCUT2D eigenvalue weighted by Gasteiger charge is 2.21. The van der Waals surface area contributed by atoms with Crippen LogP contribution in [0.15, 0.2) is 12.1 Å². The first-order chi connectivity index (χ1) is 9.08. The maximum absolute atomic E-state index is 11.7. The van der Waals surface area contributed by atoms with Crippen molar-refractivity contribution in [3.63, 3.8) is 0 Å². The van der Waals surface area contributed by atoms with Crippen LogP contribution in [-0.2, 0) is 0 Å². The van der Waals surface area contributed by atoms with Crippen molar-refractivity contribution in [2.45, 2.75) is 38.6 Å². The molecule has 0 bridgehead atoms. The lowest BCUT2D eigenvalue weighted by Gasteiger charge is -2.20. The summed E-state index contributed by atoms with van der Waals surface area (Å²) in [4.78, 5) is 13.2. The zero-order valence-electron chi connectivity index (χ0n) is 11.9. The number of amides is 1. The van der Waals surface area contributed by atoms with Crippen LogP contribution in [0.3, 0.4) is 0 Å². The fourth-order valence-corrected chi connectivity index (χ4v) is 2.56. The lowest BCUT2D eigenvalue weighted by atomic mass is 10.00. The Morgan fingerprint density at radius 3 is 2.53 bits per heavy atom. The Morgan fingerprint density at radius 1 is 1.32 bits per heavy atom. The number of aromatic nitrogens is 2. The molecule has 0 radical (unpaired) electrons. The molecule has 0 saturated heterocycles. The van der Waals surface area contributed by atoms with Crippen LogP contribution >= 0.6 is 0 Å². The van der Waals surface area contributed by atoms with Crippen LogP contribution < -0.4 is 5.32 Å². The Balaban J connectivity index is 1.96. The Labute approximate surface area is 114 Å². The summed E-state index contributed by atoms with van der Waals surface area (Å²) < 4.78 is 0. The molecule has 1 aromatic heterocycles. The van der Waals surface area contributed by atoms with Gasteiger partial charge in [-0.05, 0) is 37.8 Å². The van der Waals surface area contributed by atoms with Crippen molar-refractivity contribution in [2.75, 3.05) is 19.4 Å². The number of anilines is 1. The van der Waals surface area contributed by atoms with Crippen LogP contribution in [0.25, 0.3) is 0 Å². The molecule has 5 heteroatoms. The van der Waals surface area contributed by atoms with Crippen molar-refractivity contribution in [1.82, 2.24) is 15.1 Å². The zero-order chi connectivity index (χ0) is 13.8. The van der Waals surface area contributed by atoms with E-state index in [1.807, 2.05) is 6.07 Å². The van der Waals surface area contributed by atoms with Gasteiger partial charge < -0.3 is 10.2 Å². The summed E-state index contributed by atoms with van der Waals surface area (Å²) in [6.07, 6.45) is 5.24. The third kappa shape index (κ3) is 3.43.